The number of methoxy groups -OCH3 is 1. The van der Waals surface area contributed by atoms with Crippen molar-refractivity contribution >= 4 is 51.0 Å². The van der Waals surface area contributed by atoms with Gasteiger partial charge in [0.2, 0.25) is 0 Å². The van der Waals surface area contributed by atoms with Crippen LogP contribution in [0.3, 0.4) is 0 Å². The third-order valence-corrected chi connectivity index (χ3v) is 5.19. The van der Waals surface area contributed by atoms with Gasteiger partial charge < -0.3 is 9.15 Å². The molecule has 0 aliphatic rings. The highest BCUT2D eigenvalue weighted by atomic mass is 35.5. The van der Waals surface area contributed by atoms with E-state index in [-0.39, 0.29) is 11.4 Å². The molecule has 0 radical (unpaired) electrons. The van der Waals surface area contributed by atoms with Gasteiger partial charge in [-0.2, -0.15) is 4.98 Å². The van der Waals surface area contributed by atoms with E-state index in [4.69, 9.17) is 32.4 Å². The van der Waals surface area contributed by atoms with Gasteiger partial charge in [0.25, 0.3) is 5.69 Å². The molecule has 4 aromatic rings. The molecule has 0 N–H and O–H groups in total. The van der Waals surface area contributed by atoms with Gasteiger partial charge in [0.15, 0.2) is 11.2 Å². The van der Waals surface area contributed by atoms with Gasteiger partial charge in [0.05, 0.1) is 9.95 Å². The van der Waals surface area contributed by atoms with Gasteiger partial charge in [-0.05, 0) is 30.7 Å². The van der Waals surface area contributed by atoms with E-state index in [2.05, 4.69) is 4.98 Å². The Hall–Kier alpha value is -2.94. The van der Waals surface area contributed by atoms with E-state index in [9.17, 15) is 14.9 Å². The van der Waals surface area contributed by atoms with Crippen molar-refractivity contribution in [2.45, 2.75) is 13.0 Å². The zero-order chi connectivity index (χ0) is 21.4. The Morgan fingerprint density at radius 2 is 1.93 bits per heavy atom. The SMILES string of the molecule is COCCCn1c(=O)nc(-c2ccc([N+](=O)[O-])cc2)c2oc3c(Cl)cc(Cl)cc3c21. The number of nitrogens with zero attached hydrogens (tertiary/aromatic N) is 3. The number of fused-ring (bicyclic) bond motifs is 3. The number of nitro groups is 1. The zero-order valence-corrected chi connectivity index (χ0v) is 17.2. The summed E-state index contributed by atoms with van der Waals surface area (Å²) in [5.41, 5.74) is 1.48. The minimum atomic E-state index is -0.496. The predicted octanol–water partition coefficient (Wildman–Crippen LogP) is 5.06. The second-order valence-corrected chi connectivity index (χ2v) is 7.43. The Kier molecular flexibility index (Phi) is 5.46. The summed E-state index contributed by atoms with van der Waals surface area (Å²) in [5.74, 6) is 0. The highest BCUT2D eigenvalue weighted by Crippen LogP contribution is 2.38. The Morgan fingerprint density at radius 3 is 2.60 bits per heavy atom. The molecule has 154 valence electrons. The average molecular weight is 448 g/mol. The first-order valence-corrected chi connectivity index (χ1v) is 9.72. The van der Waals surface area contributed by atoms with E-state index in [1.165, 1.54) is 28.8 Å². The van der Waals surface area contributed by atoms with Crippen molar-refractivity contribution in [1.82, 2.24) is 9.55 Å². The molecule has 0 saturated carbocycles. The molecule has 8 nitrogen and oxygen atoms in total. The van der Waals surface area contributed by atoms with Gasteiger partial charge in [0.1, 0.15) is 11.2 Å². The number of hydrogen-bond acceptors (Lipinski definition) is 6. The van der Waals surface area contributed by atoms with Crippen LogP contribution in [0, 0.1) is 10.1 Å². The second-order valence-electron chi connectivity index (χ2n) is 6.59. The van der Waals surface area contributed by atoms with Gasteiger partial charge in [-0.15, -0.1) is 0 Å². The minimum absolute atomic E-state index is 0.0673. The molecule has 0 fully saturated rings. The molecule has 10 heteroatoms. The van der Waals surface area contributed by atoms with Crippen molar-refractivity contribution in [3.63, 3.8) is 0 Å². The van der Waals surface area contributed by atoms with E-state index in [1.807, 2.05) is 0 Å². The van der Waals surface area contributed by atoms with Crippen molar-refractivity contribution in [1.29, 1.82) is 0 Å². The maximum Gasteiger partial charge on any atom is 0.348 e. The van der Waals surface area contributed by atoms with Crippen LogP contribution in [0.5, 0.6) is 0 Å². The van der Waals surface area contributed by atoms with Crippen molar-refractivity contribution < 1.29 is 14.1 Å². The van der Waals surface area contributed by atoms with E-state index in [1.54, 1.807) is 19.2 Å². The van der Waals surface area contributed by atoms with Crippen LogP contribution < -0.4 is 5.69 Å². The van der Waals surface area contributed by atoms with Gasteiger partial charge in [-0.3, -0.25) is 14.7 Å². The van der Waals surface area contributed by atoms with Gasteiger partial charge in [-0.25, -0.2) is 4.79 Å². The zero-order valence-electron chi connectivity index (χ0n) is 15.7. The third kappa shape index (κ3) is 3.54. The summed E-state index contributed by atoms with van der Waals surface area (Å²) < 4.78 is 12.6. The number of rotatable bonds is 6. The van der Waals surface area contributed by atoms with Crippen LogP contribution >= 0.6 is 23.2 Å². The van der Waals surface area contributed by atoms with Crippen molar-refractivity contribution in [2.24, 2.45) is 0 Å². The molecule has 2 aromatic heterocycles. The number of furan rings is 1. The number of ether oxygens (including phenoxy) is 1. The Bertz CT molecular complexity index is 1330. The topological polar surface area (TPSA) is 100 Å². The summed E-state index contributed by atoms with van der Waals surface area (Å²) in [4.78, 5) is 27.6. The van der Waals surface area contributed by atoms with Gasteiger partial charge in [-0.1, -0.05) is 23.2 Å². The summed E-state index contributed by atoms with van der Waals surface area (Å²) in [6.45, 7) is 0.824. The van der Waals surface area contributed by atoms with E-state index in [0.717, 1.165) is 0 Å². The lowest BCUT2D eigenvalue weighted by Crippen LogP contribution is -2.24. The van der Waals surface area contributed by atoms with Gasteiger partial charge in [0, 0.05) is 48.4 Å². The molecule has 0 atom stereocenters. The van der Waals surface area contributed by atoms with E-state index >= 15 is 0 Å². The van der Waals surface area contributed by atoms with E-state index in [0.29, 0.717) is 57.3 Å². The number of benzene rings is 2. The van der Waals surface area contributed by atoms with Crippen LogP contribution in [0.4, 0.5) is 5.69 Å². The molecule has 0 amide bonds. The number of halogens is 2. The van der Waals surface area contributed by atoms with Crippen LogP contribution in [-0.4, -0.2) is 28.2 Å². The number of aromatic nitrogens is 2. The summed E-state index contributed by atoms with van der Waals surface area (Å²) >= 11 is 12.5. The van der Waals surface area contributed by atoms with Crippen LogP contribution in [0.15, 0.2) is 45.6 Å². The Morgan fingerprint density at radius 1 is 1.20 bits per heavy atom. The monoisotopic (exact) mass is 447 g/mol. The van der Waals surface area contributed by atoms with Crippen LogP contribution in [0.2, 0.25) is 10.0 Å². The maximum absolute atomic E-state index is 12.9. The lowest BCUT2D eigenvalue weighted by atomic mass is 10.1. The highest BCUT2D eigenvalue weighted by Gasteiger charge is 2.21. The Labute approximate surface area is 179 Å². The number of hydrogen-bond donors (Lipinski definition) is 0. The molecular formula is C20H15Cl2N3O5. The molecule has 30 heavy (non-hydrogen) atoms. The fourth-order valence-electron chi connectivity index (χ4n) is 3.35. The smallest absolute Gasteiger partial charge is 0.348 e. The fourth-order valence-corrected chi connectivity index (χ4v) is 3.89. The first-order valence-electron chi connectivity index (χ1n) is 8.96. The van der Waals surface area contributed by atoms with Crippen LogP contribution in [-0.2, 0) is 11.3 Å². The quantitative estimate of drug-likeness (QED) is 0.232. The molecule has 0 spiro atoms. The minimum Gasteiger partial charge on any atom is -0.451 e. The normalized spacial score (nSPS) is 11.4. The number of aryl methyl sites for hydroxylation is 1. The summed E-state index contributed by atoms with van der Waals surface area (Å²) in [5, 5.41) is 12.2. The first-order chi connectivity index (χ1) is 14.4. The second kappa shape index (κ2) is 8.06. The predicted molar refractivity (Wildman–Crippen MR) is 114 cm³/mol. The lowest BCUT2D eigenvalue weighted by molar-refractivity contribution is -0.384. The molecule has 0 unspecified atom stereocenters. The van der Waals surface area contributed by atoms with Crippen LogP contribution in [0.25, 0.3) is 33.3 Å². The first kappa shape index (κ1) is 20.3. The molecule has 0 bridgehead atoms. The summed E-state index contributed by atoms with van der Waals surface area (Å²) in [6, 6.07) is 8.98. The fraction of sp³-hybridized carbons (Fsp3) is 0.200. The maximum atomic E-state index is 12.9. The standard InChI is InChI=1S/C20H15Cl2N3O5/c1-29-8-2-7-24-17-14-9-12(21)10-15(22)18(14)30-19(17)16(23-20(24)26)11-3-5-13(6-4-11)25(27)28/h3-6,9-10H,2,7-8H2,1H3. The summed E-state index contributed by atoms with van der Waals surface area (Å²) in [7, 11) is 1.58. The molecule has 4 rings (SSSR count). The largest absolute Gasteiger partial charge is 0.451 e. The lowest BCUT2D eigenvalue weighted by Gasteiger charge is -2.09. The number of nitro benzene ring substituents is 1. The van der Waals surface area contributed by atoms with E-state index < -0.39 is 10.6 Å². The molecule has 0 aliphatic carbocycles. The summed E-state index contributed by atoms with van der Waals surface area (Å²) in [6.07, 6.45) is 0.588. The highest BCUT2D eigenvalue weighted by molar-refractivity contribution is 6.39. The molecular weight excluding hydrogens is 433 g/mol. The molecule has 2 aromatic carbocycles. The van der Waals surface area contributed by atoms with Crippen molar-refractivity contribution in [3.8, 4) is 11.3 Å². The van der Waals surface area contributed by atoms with Crippen molar-refractivity contribution in [3.05, 3.63) is 67.0 Å². The molecule has 2 heterocycles. The average Bonchev–Trinajstić information content (AvgIpc) is 3.09. The Balaban J connectivity index is 2.03. The number of non-ortho nitro benzene ring substituents is 1. The van der Waals surface area contributed by atoms with Crippen molar-refractivity contribution in [2.75, 3.05) is 13.7 Å². The van der Waals surface area contributed by atoms with Crippen LogP contribution in [0.1, 0.15) is 6.42 Å². The molecule has 0 saturated heterocycles. The van der Waals surface area contributed by atoms with Gasteiger partial charge >= 0.3 is 5.69 Å². The third-order valence-electron chi connectivity index (χ3n) is 4.69. The molecule has 0 aliphatic heterocycles.